The van der Waals surface area contributed by atoms with Crippen molar-refractivity contribution in [2.45, 2.75) is 57.9 Å². The molecule has 2 N–H and O–H groups in total. The van der Waals surface area contributed by atoms with Crippen molar-refractivity contribution in [2.75, 3.05) is 0 Å². The Morgan fingerprint density at radius 3 is 2.81 bits per heavy atom. The maximum absolute atomic E-state index is 5.92. The highest BCUT2D eigenvalue weighted by atomic mass is 32.1. The summed E-state index contributed by atoms with van der Waals surface area (Å²) < 4.78 is 0. The van der Waals surface area contributed by atoms with Gasteiger partial charge in [-0.3, -0.25) is 0 Å². The second-order valence-corrected chi connectivity index (χ2v) is 5.91. The van der Waals surface area contributed by atoms with E-state index in [0.717, 1.165) is 12.3 Å². The Morgan fingerprint density at radius 1 is 1.38 bits per heavy atom. The number of hydrogen-bond acceptors (Lipinski definition) is 3. The quantitative estimate of drug-likeness (QED) is 0.875. The van der Waals surface area contributed by atoms with E-state index < -0.39 is 0 Å². The molecule has 1 saturated carbocycles. The number of aryl methyl sites for hydroxylation is 1. The van der Waals surface area contributed by atoms with Crippen LogP contribution in [0.4, 0.5) is 0 Å². The van der Waals surface area contributed by atoms with E-state index in [1.165, 1.54) is 49.2 Å². The summed E-state index contributed by atoms with van der Waals surface area (Å²) in [4.78, 5) is 4.70. The van der Waals surface area contributed by atoms with Crippen molar-refractivity contribution in [1.82, 2.24) is 4.98 Å². The van der Waals surface area contributed by atoms with Crippen LogP contribution in [-0.4, -0.2) is 11.0 Å². The number of hydrogen-bond donors (Lipinski definition) is 1. The summed E-state index contributed by atoms with van der Waals surface area (Å²) in [5, 5.41) is 3.57. The maximum atomic E-state index is 5.92. The Morgan fingerprint density at radius 2 is 2.12 bits per heavy atom. The highest BCUT2D eigenvalue weighted by Crippen LogP contribution is 2.27. The van der Waals surface area contributed by atoms with E-state index >= 15 is 0 Å². The average Bonchev–Trinajstić information content (AvgIpc) is 2.70. The van der Waals surface area contributed by atoms with Gasteiger partial charge in [0, 0.05) is 17.8 Å². The zero-order valence-electron chi connectivity index (χ0n) is 10.1. The minimum Gasteiger partial charge on any atom is -0.328 e. The molecule has 1 fully saturated rings. The van der Waals surface area contributed by atoms with E-state index in [4.69, 9.17) is 10.7 Å². The monoisotopic (exact) mass is 238 g/mol. The molecule has 0 radical (unpaired) electrons. The predicted molar refractivity (Wildman–Crippen MR) is 69.7 cm³/mol. The van der Waals surface area contributed by atoms with E-state index in [1.54, 1.807) is 0 Å². The highest BCUT2D eigenvalue weighted by molar-refractivity contribution is 7.09. The smallest absolute Gasteiger partial charge is 0.0931 e. The first-order chi connectivity index (χ1) is 7.78. The molecule has 0 saturated heterocycles. The van der Waals surface area contributed by atoms with Crippen molar-refractivity contribution in [3.05, 3.63) is 16.1 Å². The van der Waals surface area contributed by atoms with Gasteiger partial charge in [-0.15, -0.1) is 11.3 Å². The maximum Gasteiger partial charge on any atom is 0.0931 e. The van der Waals surface area contributed by atoms with Crippen LogP contribution in [0.1, 0.15) is 49.7 Å². The molecule has 2 nitrogen and oxygen atoms in total. The van der Waals surface area contributed by atoms with Crippen LogP contribution in [0.25, 0.3) is 0 Å². The van der Waals surface area contributed by atoms with Gasteiger partial charge in [0.1, 0.15) is 0 Å². The number of thiazole rings is 1. The van der Waals surface area contributed by atoms with Crippen LogP contribution in [0.3, 0.4) is 0 Å². The van der Waals surface area contributed by atoms with Gasteiger partial charge in [-0.1, -0.05) is 13.3 Å². The van der Waals surface area contributed by atoms with E-state index in [-0.39, 0.29) is 0 Å². The Kier molecular flexibility index (Phi) is 4.36. The number of rotatable bonds is 4. The Hall–Kier alpha value is -0.410. The van der Waals surface area contributed by atoms with E-state index in [0.29, 0.717) is 6.04 Å². The highest BCUT2D eigenvalue weighted by Gasteiger charge is 2.19. The lowest BCUT2D eigenvalue weighted by molar-refractivity contribution is 0.324. The first kappa shape index (κ1) is 12.1. The third-order valence-corrected chi connectivity index (χ3v) is 4.38. The third kappa shape index (κ3) is 3.29. The average molecular weight is 238 g/mol. The zero-order chi connectivity index (χ0) is 11.4. The van der Waals surface area contributed by atoms with Crippen molar-refractivity contribution in [1.29, 1.82) is 0 Å². The fourth-order valence-corrected chi connectivity index (χ4v) is 3.40. The second kappa shape index (κ2) is 5.78. The van der Waals surface area contributed by atoms with Gasteiger partial charge in [0.15, 0.2) is 0 Å². The van der Waals surface area contributed by atoms with Crippen LogP contribution < -0.4 is 5.73 Å². The van der Waals surface area contributed by atoms with Gasteiger partial charge in [0.2, 0.25) is 0 Å². The van der Waals surface area contributed by atoms with Crippen molar-refractivity contribution >= 4 is 11.3 Å². The normalized spacial score (nSPS) is 25.9. The largest absolute Gasteiger partial charge is 0.328 e. The lowest BCUT2D eigenvalue weighted by Gasteiger charge is -2.25. The summed E-state index contributed by atoms with van der Waals surface area (Å²) in [6, 6.07) is 0.461. The van der Waals surface area contributed by atoms with Gasteiger partial charge >= 0.3 is 0 Å². The molecule has 3 heteroatoms. The number of nitrogens with two attached hydrogens (primary N) is 1. The topological polar surface area (TPSA) is 38.9 Å². The van der Waals surface area contributed by atoms with Crippen molar-refractivity contribution in [3.63, 3.8) is 0 Å². The van der Waals surface area contributed by atoms with Crippen LogP contribution in [-0.2, 0) is 12.8 Å². The fourth-order valence-electron chi connectivity index (χ4n) is 2.45. The van der Waals surface area contributed by atoms with Crippen molar-refractivity contribution < 1.29 is 0 Å². The molecule has 0 spiro atoms. The third-order valence-electron chi connectivity index (χ3n) is 3.46. The lowest BCUT2D eigenvalue weighted by Crippen LogP contribution is -2.27. The summed E-state index contributed by atoms with van der Waals surface area (Å²) in [6.07, 6.45) is 8.51. The molecule has 1 aromatic rings. The van der Waals surface area contributed by atoms with Crippen LogP contribution >= 0.6 is 11.3 Å². The molecule has 0 unspecified atom stereocenters. The van der Waals surface area contributed by atoms with Crippen LogP contribution in [0.5, 0.6) is 0 Å². The minimum atomic E-state index is 0.461. The SMILES string of the molecule is CCCc1csc(CC2CCC(N)CC2)n1. The first-order valence-electron chi connectivity index (χ1n) is 6.46. The summed E-state index contributed by atoms with van der Waals surface area (Å²) in [5.41, 5.74) is 7.21. The molecule has 90 valence electrons. The van der Waals surface area contributed by atoms with Crippen LogP contribution in [0.15, 0.2) is 5.38 Å². The van der Waals surface area contributed by atoms with E-state index in [2.05, 4.69) is 12.3 Å². The lowest BCUT2D eigenvalue weighted by atomic mass is 9.85. The van der Waals surface area contributed by atoms with Gasteiger partial charge in [-0.05, 0) is 38.0 Å². The molecule has 1 aliphatic rings. The molecule has 0 bridgehead atoms. The Labute approximate surface area is 102 Å². The Balaban J connectivity index is 1.83. The van der Waals surface area contributed by atoms with Gasteiger partial charge < -0.3 is 5.73 Å². The minimum absolute atomic E-state index is 0.461. The zero-order valence-corrected chi connectivity index (χ0v) is 10.9. The van der Waals surface area contributed by atoms with Gasteiger partial charge in [0.05, 0.1) is 10.7 Å². The number of nitrogens with zero attached hydrogens (tertiary/aromatic N) is 1. The molecule has 0 aromatic carbocycles. The van der Waals surface area contributed by atoms with Crippen molar-refractivity contribution in [3.8, 4) is 0 Å². The second-order valence-electron chi connectivity index (χ2n) is 4.97. The Bertz CT molecular complexity index is 313. The van der Waals surface area contributed by atoms with Gasteiger partial charge in [-0.25, -0.2) is 4.98 Å². The summed E-state index contributed by atoms with van der Waals surface area (Å²) in [5.74, 6) is 0.834. The van der Waals surface area contributed by atoms with Gasteiger partial charge in [0.25, 0.3) is 0 Å². The van der Waals surface area contributed by atoms with Crippen LogP contribution in [0.2, 0.25) is 0 Å². The fraction of sp³-hybridized carbons (Fsp3) is 0.769. The molecular formula is C13H22N2S. The number of aromatic nitrogens is 1. The first-order valence-corrected chi connectivity index (χ1v) is 7.34. The molecule has 0 aliphatic heterocycles. The predicted octanol–water partition coefficient (Wildman–Crippen LogP) is 3.16. The standard InChI is InChI=1S/C13H22N2S/c1-2-3-12-9-16-13(15-12)8-10-4-6-11(14)7-5-10/h9-11H,2-8,14H2,1H3. The molecular weight excluding hydrogens is 216 g/mol. The van der Waals surface area contributed by atoms with Crippen molar-refractivity contribution in [2.24, 2.45) is 11.7 Å². The molecule has 0 atom stereocenters. The molecule has 1 heterocycles. The van der Waals surface area contributed by atoms with Gasteiger partial charge in [-0.2, -0.15) is 0 Å². The van der Waals surface area contributed by atoms with E-state index in [1.807, 2.05) is 11.3 Å². The summed E-state index contributed by atoms with van der Waals surface area (Å²) in [7, 11) is 0. The molecule has 0 amide bonds. The molecule has 16 heavy (non-hydrogen) atoms. The van der Waals surface area contributed by atoms with Crippen LogP contribution in [0, 0.1) is 5.92 Å². The molecule has 2 rings (SSSR count). The molecule has 1 aromatic heterocycles. The van der Waals surface area contributed by atoms with E-state index in [9.17, 15) is 0 Å². The molecule has 1 aliphatic carbocycles. The summed E-state index contributed by atoms with van der Waals surface area (Å²) >= 11 is 1.84. The summed E-state index contributed by atoms with van der Waals surface area (Å²) in [6.45, 7) is 2.21.